The molecule has 0 unspecified atom stereocenters. The molecule has 0 aliphatic heterocycles. The van der Waals surface area contributed by atoms with Crippen LogP contribution in [0, 0.1) is 5.82 Å². The molecule has 0 aliphatic carbocycles. The molecule has 0 radical (unpaired) electrons. The van der Waals surface area contributed by atoms with Crippen molar-refractivity contribution < 1.29 is 9.13 Å². The Labute approximate surface area is 189 Å². The fourth-order valence-electron chi connectivity index (χ4n) is 3.54. The van der Waals surface area contributed by atoms with Crippen LogP contribution in [0.2, 0.25) is 0 Å². The molecule has 0 saturated heterocycles. The van der Waals surface area contributed by atoms with Gasteiger partial charge < -0.3 is 10.1 Å². The summed E-state index contributed by atoms with van der Waals surface area (Å²) in [5, 5.41) is 8.36. The maximum Gasteiger partial charge on any atom is 0.165 e. The first kappa shape index (κ1) is 20.6. The van der Waals surface area contributed by atoms with E-state index in [9.17, 15) is 4.39 Å². The lowest BCUT2D eigenvalue weighted by molar-refractivity contribution is 0.231. The number of aromatic nitrogens is 5. The molecule has 0 spiro atoms. The summed E-state index contributed by atoms with van der Waals surface area (Å²) in [6.07, 6.45) is 4.55. The van der Waals surface area contributed by atoms with E-state index in [-0.39, 0.29) is 17.7 Å². The zero-order chi connectivity index (χ0) is 22.8. The summed E-state index contributed by atoms with van der Waals surface area (Å²) < 4.78 is 21.5. The Kier molecular flexibility index (Phi) is 5.40. The average Bonchev–Trinajstić information content (AvgIpc) is 3.36. The molecule has 0 aliphatic rings. The van der Waals surface area contributed by atoms with E-state index < -0.39 is 0 Å². The van der Waals surface area contributed by atoms with Gasteiger partial charge >= 0.3 is 0 Å². The van der Waals surface area contributed by atoms with Gasteiger partial charge in [0.05, 0.1) is 17.3 Å². The second-order valence-corrected chi connectivity index (χ2v) is 7.78. The fourth-order valence-corrected chi connectivity index (χ4v) is 3.54. The fraction of sp³-hybridized carbons (Fsp3) is 0.120. The molecule has 2 heterocycles. The molecular weight excluding hydrogens is 419 g/mol. The Balaban J connectivity index is 1.48. The van der Waals surface area contributed by atoms with E-state index in [0.717, 1.165) is 33.4 Å². The number of ether oxygens (including phenoxy) is 1. The summed E-state index contributed by atoms with van der Waals surface area (Å²) in [4.78, 5) is 12.8. The van der Waals surface area contributed by atoms with Crippen LogP contribution in [-0.2, 0) is 0 Å². The maximum atomic E-state index is 14.2. The van der Waals surface area contributed by atoms with Crippen molar-refractivity contribution in [1.82, 2.24) is 24.7 Å². The highest BCUT2D eigenvalue weighted by atomic mass is 19.1. The van der Waals surface area contributed by atoms with Crippen LogP contribution < -0.4 is 10.1 Å². The van der Waals surface area contributed by atoms with Crippen LogP contribution in [0.25, 0.3) is 27.7 Å². The first-order valence-corrected chi connectivity index (χ1v) is 10.5. The Hall–Kier alpha value is -4.33. The number of rotatable bonds is 6. The van der Waals surface area contributed by atoms with Crippen LogP contribution in [-0.4, -0.2) is 30.8 Å². The summed E-state index contributed by atoms with van der Waals surface area (Å²) in [5.41, 5.74) is 4.34. The molecule has 5 rings (SSSR count). The van der Waals surface area contributed by atoms with Gasteiger partial charge in [-0.1, -0.05) is 12.1 Å². The number of benzene rings is 3. The van der Waals surface area contributed by atoms with Crippen LogP contribution in [0.5, 0.6) is 5.75 Å². The molecule has 164 valence electrons. The van der Waals surface area contributed by atoms with Gasteiger partial charge in [-0.3, -0.25) is 0 Å². The standard InChI is InChI=1S/C25H21FN6O/c1-16(2)33-24-12-18(3-9-22(24)26)17-4-10-23-21(11-17)25(29-14-28-23)31-19-5-7-20(8-6-19)32-15-27-13-30-32/h3-16H,1-2H3,(H,28,29,31). The number of hydrogen-bond donors (Lipinski definition) is 1. The molecule has 3 aromatic carbocycles. The molecule has 1 N–H and O–H groups in total. The number of nitrogens with zero attached hydrogens (tertiary/aromatic N) is 5. The summed E-state index contributed by atoms with van der Waals surface area (Å²) in [6.45, 7) is 3.74. The Morgan fingerprint density at radius 2 is 1.70 bits per heavy atom. The first-order chi connectivity index (χ1) is 16.1. The highest BCUT2D eigenvalue weighted by Crippen LogP contribution is 2.31. The van der Waals surface area contributed by atoms with Crippen molar-refractivity contribution in [2.45, 2.75) is 20.0 Å². The van der Waals surface area contributed by atoms with E-state index in [1.807, 2.05) is 56.3 Å². The van der Waals surface area contributed by atoms with E-state index >= 15 is 0 Å². The van der Waals surface area contributed by atoms with Crippen molar-refractivity contribution in [3.63, 3.8) is 0 Å². The quantitative estimate of drug-likeness (QED) is 0.373. The number of hydrogen-bond acceptors (Lipinski definition) is 6. The van der Waals surface area contributed by atoms with Crippen molar-refractivity contribution >= 4 is 22.4 Å². The van der Waals surface area contributed by atoms with E-state index in [2.05, 4.69) is 25.4 Å². The van der Waals surface area contributed by atoms with Crippen molar-refractivity contribution in [3.05, 3.63) is 85.5 Å². The second-order valence-electron chi connectivity index (χ2n) is 7.78. The van der Waals surface area contributed by atoms with Crippen LogP contribution in [0.1, 0.15) is 13.8 Å². The van der Waals surface area contributed by atoms with Gasteiger partial charge in [-0.15, -0.1) is 0 Å². The normalized spacial score (nSPS) is 11.2. The maximum absolute atomic E-state index is 14.2. The summed E-state index contributed by atoms with van der Waals surface area (Å²) in [6, 6.07) is 18.5. The van der Waals surface area contributed by atoms with Crippen molar-refractivity contribution in [2.75, 3.05) is 5.32 Å². The topological polar surface area (TPSA) is 77.8 Å². The Morgan fingerprint density at radius 3 is 2.45 bits per heavy atom. The van der Waals surface area contributed by atoms with Crippen LogP contribution >= 0.6 is 0 Å². The van der Waals surface area contributed by atoms with E-state index in [1.54, 1.807) is 23.1 Å². The van der Waals surface area contributed by atoms with Crippen molar-refractivity contribution in [2.24, 2.45) is 0 Å². The molecule has 0 saturated carbocycles. The van der Waals surface area contributed by atoms with Crippen molar-refractivity contribution in [3.8, 4) is 22.6 Å². The third-order valence-corrected chi connectivity index (χ3v) is 5.08. The predicted molar refractivity (Wildman–Crippen MR) is 125 cm³/mol. The van der Waals surface area contributed by atoms with Crippen LogP contribution in [0.3, 0.4) is 0 Å². The van der Waals surface area contributed by atoms with Gasteiger partial charge in [0.1, 0.15) is 24.8 Å². The largest absolute Gasteiger partial charge is 0.488 e. The average molecular weight is 440 g/mol. The zero-order valence-corrected chi connectivity index (χ0v) is 18.1. The van der Waals surface area contributed by atoms with Crippen LogP contribution in [0.4, 0.5) is 15.9 Å². The zero-order valence-electron chi connectivity index (χ0n) is 18.1. The third kappa shape index (κ3) is 4.36. The van der Waals surface area contributed by atoms with E-state index in [0.29, 0.717) is 5.82 Å². The smallest absolute Gasteiger partial charge is 0.165 e. The number of fused-ring (bicyclic) bond motifs is 1. The second kappa shape index (κ2) is 8.66. The Morgan fingerprint density at radius 1 is 0.909 bits per heavy atom. The minimum absolute atomic E-state index is 0.119. The van der Waals surface area contributed by atoms with Crippen LogP contribution in [0.15, 0.2) is 79.6 Å². The summed E-state index contributed by atoms with van der Waals surface area (Å²) >= 11 is 0. The molecule has 7 nitrogen and oxygen atoms in total. The van der Waals surface area contributed by atoms with Gasteiger partial charge in [0.25, 0.3) is 0 Å². The first-order valence-electron chi connectivity index (χ1n) is 10.5. The molecule has 0 fully saturated rings. The molecule has 2 aromatic heterocycles. The molecule has 0 amide bonds. The lowest BCUT2D eigenvalue weighted by Crippen LogP contribution is -2.07. The molecule has 0 atom stereocenters. The van der Waals surface area contributed by atoms with Crippen molar-refractivity contribution in [1.29, 1.82) is 0 Å². The number of nitrogens with one attached hydrogen (secondary N) is 1. The molecule has 5 aromatic rings. The highest BCUT2D eigenvalue weighted by Gasteiger charge is 2.11. The molecule has 33 heavy (non-hydrogen) atoms. The SMILES string of the molecule is CC(C)Oc1cc(-c2ccc3ncnc(Nc4ccc(-n5cncn5)cc4)c3c2)ccc1F. The number of anilines is 2. The van der Waals surface area contributed by atoms with Gasteiger partial charge in [0.2, 0.25) is 0 Å². The minimum atomic E-state index is -0.381. The summed E-state index contributed by atoms with van der Waals surface area (Å²) in [5.74, 6) is 0.530. The lowest BCUT2D eigenvalue weighted by atomic mass is 10.0. The minimum Gasteiger partial charge on any atom is -0.488 e. The van der Waals surface area contributed by atoms with Gasteiger partial charge in [0, 0.05) is 11.1 Å². The molecular formula is C25H21FN6O. The third-order valence-electron chi connectivity index (χ3n) is 5.08. The van der Waals surface area contributed by atoms with Gasteiger partial charge in [0.15, 0.2) is 11.6 Å². The Bertz CT molecular complexity index is 1400. The summed E-state index contributed by atoms with van der Waals surface area (Å²) in [7, 11) is 0. The number of halogens is 1. The molecule has 0 bridgehead atoms. The highest BCUT2D eigenvalue weighted by molar-refractivity contribution is 5.94. The van der Waals surface area contributed by atoms with Gasteiger partial charge in [-0.25, -0.2) is 24.0 Å². The molecule has 8 heteroatoms. The van der Waals surface area contributed by atoms with E-state index in [1.165, 1.54) is 18.7 Å². The van der Waals surface area contributed by atoms with E-state index in [4.69, 9.17) is 4.74 Å². The van der Waals surface area contributed by atoms with Gasteiger partial charge in [-0.2, -0.15) is 5.10 Å². The monoisotopic (exact) mass is 440 g/mol. The predicted octanol–water partition coefficient (Wildman–Crippen LogP) is 5.55. The van der Waals surface area contributed by atoms with Gasteiger partial charge in [-0.05, 0) is 73.5 Å². The lowest BCUT2D eigenvalue weighted by Gasteiger charge is -2.13.